The fraction of sp³-hybridized carbons (Fsp3) is 0.118. The van der Waals surface area contributed by atoms with Crippen LogP contribution in [0.4, 0.5) is 0 Å². The molecule has 0 aliphatic heterocycles. The summed E-state index contributed by atoms with van der Waals surface area (Å²) in [6.45, 7) is 0. The molecule has 22 heavy (non-hydrogen) atoms. The van der Waals surface area contributed by atoms with Gasteiger partial charge in [-0.3, -0.25) is 4.79 Å². The highest BCUT2D eigenvalue weighted by Gasteiger charge is 2.16. The Hall–Kier alpha value is -2.95. The number of phenolic OH excluding ortho intramolecular Hbond substituents is 1. The lowest BCUT2D eigenvalue weighted by Gasteiger charge is -2.01. The summed E-state index contributed by atoms with van der Waals surface area (Å²) in [5, 5.41) is 10.4. The summed E-state index contributed by atoms with van der Waals surface area (Å²) in [5.41, 5.74) is 0.922. The minimum Gasteiger partial charge on any atom is -0.504 e. The highest BCUT2D eigenvalue weighted by atomic mass is 16.5. The number of ether oxygens (including phenoxy) is 2. The molecule has 1 N–H and O–H groups in total. The fourth-order valence-electron chi connectivity index (χ4n) is 2.22. The Bertz CT molecular complexity index is 830. The molecule has 0 saturated heterocycles. The highest BCUT2D eigenvalue weighted by Crippen LogP contribution is 2.33. The van der Waals surface area contributed by atoms with Crippen LogP contribution in [0.3, 0.4) is 0 Å². The number of aromatic hydroxyl groups is 1. The molecule has 0 bridgehead atoms. The van der Waals surface area contributed by atoms with Gasteiger partial charge in [-0.25, -0.2) is 0 Å². The van der Waals surface area contributed by atoms with Gasteiger partial charge in [0, 0.05) is 17.0 Å². The molecule has 0 aliphatic rings. The molecule has 112 valence electrons. The second kappa shape index (κ2) is 5.44. The van der Waals surface area contributed by atoms with Gasteiger partial charge in [0.25, 0.3) is 0 Å². The van der Waals surface area contributed by atoms with Crippen molar-refractivity contribution in [2.45, 2.75) is 0 Å². The van der Waals surface area contributed by atoms with Crippen molar-refractivity contribution in [2.75, 3.05) is 14.2 Å². The average Bonchev–Trinajstić information content (AvgIpc) is 2.96. The van der Waals surface area contributed by atoms with E-state index >= 15 is 0 Å². The second-order valence-corrected chi connectivity index (χ2v) is 4.73. The first kappa shape index (κ1) is 14.0. The van der Waals surface area contributed by atoms with Crippen LogP contribution in [-0.4, -0.2) is 25.1 Å². The number of methoxy groups -OCH3 is 2. The zero-order valence-corrected chi connectivity index (χ0v) is 12.1. The Kier molecular flexibility index (Phi) is 3.47. The number of hydrogen-bond acceptors (Lipinski definition) is 5. The predicted octanol–water partition coefficient (Wildman–Crippen LogP) is 3.39. The molecule has 3 rings (SSSR count). The van der Waals surface area contributed by atoms with Crippen molar-refractivity contribution < 1.29 is 23.8 Å². The Balaban J connectivity index is 1.99. The van der Waals surface area contributed by atoms with Gasteiger partial charge in [0.15, 0.2) is 17.3 Å². The first-order valence-corrected chi connectivity index (χ1v) is 6.61. The maximum Gasteiger partial charge on any atom is 0.228 e. The second-order valence-electron chi connectivity index (χ2n) is 4.73. The van der Waals surface area contributed by atoms with Gasteiger partial charge < -0.3 is 19.0 Å². The van der Waals surface area contributed by atoms with Gasteiger partial charge in [-0.2, -0.15) is 0 Å². The average molecular weight is 298 g/mol. The molecule has 3 aromatic rings. The van der Waals surface area contributed by atoms with Gasteiger partial charge in [0.05, 0.1) is 14.2 Å². The van der Waals surface area contributed by atoms with Crippen LogP contribution in [0.15, 0.2) is 46.9 Å². The van der Waals surface area contributed by atoms with E-state index in [9.17, 15) is 9.90 Å². The zero-order chi connectivity index (χ0) is 15.7. The van der Waals surface area contributed by atoms with Crippen molar-refractivity contribution in [3.8, 4) is 17.2 Å². The van der Waals surface area contributed by atoms with E-state index in [1.807, 2.05) is 0 Å². The Morgan fingerprint density at radius 1 is 1.05 bits per heavy atom. The fourth-order valence-corrected chi connectivity index (χ4v) is 2.22. The first-order chi connectivity index (χ1) is 10.6. The third-order valence-electron chi connectivity index (χ3n) is 3.39. The van der Waals surface area contributed by atoms with E-state index in [0.717, 1.165) is 0 Å². The van der Waals surface area contributed by atoms with Crippen LogP contribution in [-0.2, 0) is 0 Å². The minimum absolute atomic E-state index is 0.0344. The lowest BCUT2D eigenvalue weighted by molar-refractivity contribution is 0.101. The van der Waals surface area contributed by atoms with Gasteiger partial charge in [0.1, 0.15) is 11.3 Å². The third kappa shape index (κ3) is 2.37. The molecule has 0 radical (unpaired) electrons. The molecule has 1 aromatic heterocycles. The number of fused-ring (bicyclic) bond motifs is 1. The summed E-state index contributed by atoms with van der Waals surface area (Å²) in [6, 6.07) is 11.5. The summed E-state index contributed by atoms with van der Waals surface area (Å²) in [4.78, 5) is 12.4. The van der Waals surface area contributed by atoms with E-state index < -0.39 is 0 Å². The molecule has 0 spiro atoms. The number of ketones is 1. The topological polar surface area (TPSA) is 68.9 Å². The number of furan rings is 1. The highest BCUT2D eigenvalue weighted by molar-refractivity contribution is 6.09. The molecule has 0 atom stereocenters. The molecule has 5 heteroatoms. The first-order valence-electron chi connectivity index (χ1n) is 6.61. The predicted molar refractivity (Wildman–Crippen MR) is 80.9 cm³/mol. The summed E-state index contributed by atoms with van der Waals surface area (Å²) >= 11 is 0. The lowest BCUT2D eigenvalue weighted by Crippen LogP contribution is -1.99. The van der Waals surface area contributed by atoms with Crippen LogP contribution < -0.4 is 9.47 Å². The molecule has 0 saturated carbocycles. The van der Waals surface area contributed by atoms with Gasteiger partial charge in [0.2, 0.25) is 5.78 Å². The number of carbonyl (C=O) groups is 1. The van der Waals surface area contributed by atoms with Crippen LogP contribution in [0, 0.1) is 0 Å². The van der Waals surface area contributed by atoms with Crippen molar-refractivity contribution >= 4 is 16.8 Å². The van der Waals surface area contributed by atoms with Crippen LogP contribution in [0.1, 0.15) is 16.1 Å². The standard InChI is InChI=1S/C17H14O5/c1-20-12-5-3-10(4-6-12)17(19)16-8-11-7-15(21-2)13(18)9-14(11)22-16/h3-9,18H,1-2H3. The van der Waals surface area contributed by atoms with Crippen LogP contribution in [0.25, 0.3) is 11.0 Å². The molecule has 0 aliphatic carbocycles. The summed E-state index contributed by atoms with van der Waals surface area (Å²) < 4.78 is 15.6. The number of rotatable bonds is 4. The van der Waals surface area contributed by atoms with E-state index in [1.165, 1.54) is 13.2 Å². The molecule has 5 nitrogen and oxygen atoms in total. The molecular formula is C17H14O5. The van der Waals surface area contributed by atoms with Crippen LogP contribution in [0.5, 0.6) is 17.2 Å². The van der Waals surface area contributed by atoms with E-state index in [-0.39, 0.29) is 17.3 Å². The van der Waals surface area contributed by atoms with Crippen molar-refractivity contribution in [2.24, 2.45) is 0 Å². The summed E-state index contributed by atoms with van der Waals surface area (Å²) in [7, 11) is 3.03. The smallest absolute Gasteiger partial charge is 0.228 e. The largest absolute Gasteiger partial charge is 0.504 e. The maximum atomic E-state index is 12.4. The third-order valence-corrected chi connectivity index (χ3v) is 3.39. The maximum absolute atomic E-state index is 12.4. The molecular weight excluding hydrogens is 284 g/mol. The van der Waals surface area contributed by atoms with Crippen LogP contribution >= 0.6 is 0 Å². The van der Waals surface area contributed by atoms with Gasteiger partial charge >= 0.3 is 0 Å². The zero-order valence-electron chi connectivity index (χ0n) is 12.1. The number of carbonyl (C=O) groups excluding carboxylic acids is 1. The van der Waals surface area contributed by atoms with Crippen molar-refractivity contribution in [3.05, 3.63) is 53.8 Å². The summed E-state index contributed by atoms with van der Waals surface area (Å²) in [6.07, 6.45) is 0. The Morgan fingerprint density at radius 3 is 2.41 bits per heavy atom. The quantitative estimate of drug-likeness (QED) is 0.748. The monoisotopic (exact) mass is 298 g/mol. The number of hydrogen-bond donors (Lipinski definition) is 1. The Labute approximate surface area is 126 Å². The minimum atomic E-state index is -0.239. The van der Waals surface area contributed by atoms with Gasteiger partial charge in [-0.05, 0) is 36.4 Å². The SMILES string of the molecule is COc1ccc(C(=O)c2cc3cc(OC)c(O)cc3o2)cc1. The molecule has 1 heterocycles. The van der Waals surface area contributed by atoms with Gasteiger partial charge in [-0.1, -0.05) is 0 Å². The van der Waals surface area contributed by atoms with E-state index in [2.05, 4.69) is 0 Å². The number of benzene rings is 2. The van der Waals surface area contributed by atoms with Gasteiger partial charge in [-0.15, -0.1) is 0 Å². The van der Waals surface area contributed by atoms with Crippen LogP contribution in [0.2, 0.25) is 0 Å². The van der Waals surface area contributed by atoms with Crippen molar-refractivity contribution in [1.29, 1.82) is 0 Å². The molecule has 0 unspecified atom stereocenters. The van der Waals surface area contributed by atoms with E-state index in [1.54, 1.807) is 43.5 Å². The molecule has 2 aromatic carbocycles. The summed E-state index contributed by atoms with van der Waals surface area (Å²) in [5.74, 6) is 0.936. The number of phenols is 1. The molecule has 0 fully saturated rings. The van der Waals surface area contributed by atoms with E-state index in [4.69, 9.17) is 13.9 Å². The Morgan fingerprint density at radius 2 is 1.77 bits per heavy atom. The molecule has 0 amide bonds. The van der Waals surface area contributed by atoms with Crippen molar-refractivity contribution in [1.82, 2.24) is 0 Å². The lowest BCUT2D eigenvalue weighted by atomic mass is 10.1. The van der Waals surface area contributed by atoms with Crippen molar-refractivity contribution in [3.63, 3.8) is 0 Å². The van der Waals surface area contributed by atoms with E-state index in [0.29, 0.717) is 28.0 Å². The normalized spacial score (nSPS) is 10.6.